The predicted molar refractivity (Wildman–Crippen MR) is 184 cm³/mol. The molecule has 4 amide bonds. The van der Waals surface area contributed by atoms with Gasteiger partial charge in [-0.1, -0.05) is 21.6 Å². The second kappa shape index (κ2) is 24.8. The molecule has 2 aliphatic carbocycles. The van der Waals surface area contributed by atoms with Crippen molar-refractivity contribution in [3.63, 3.8) is 0 Å². The monoisotopic (exact) mass is 768 g/mol. The first-order chi connectivity index (χ1) is 22.1. The third kappa shape index (κ3) is 15.9. The Kier molecular flexibility index (Phi) is 23.1. The van der Waals surface area contributed by atoms with Gasteiger partial charge in [-0.25, -0.2) is 9.59 Å². The van der Waals surface area contributed by atoms with Crippen molar-refractivity contribution in [3.8, 4) is 0 Å². The second-order valence-corrected chi connectivity index (χ2v) is 14.2. The molecule has 2 saturated carbocycles. The van der Waals surface area contributed by atoms with E-state index >= 15 is 0 Å². The summed E-state index contributed by atoms with van der Waals surface area (Å²) in [6, 6.07) is -3.85. The van der Waals surface area contributed by atoms with Crippen LogP contribution < -0.4 is 21.3 Å². The molecule has 4 N–H and O–H groups in total. The van der Waals surface area contributed by atoms with Crippen LogP contribution >= 0.6 is 45.1 Å². The molecule has 2 aliphatic rings. The van der Waals surface area contributed by atoms with E-state index in [1.807, 2.05) is 12.5 Å². The number of ether oxygens (including phenoxy) is 2. The van der Waals surface area contributed by atoms with Crippen LogP contribution in [0.5, 0.6) is 0 Å². The van der Waals surface area contributed by atoms with E-state index in [4.69, 9.17) is 9.47 Å². The minimum absolute atomic E-state index is 0. The molecule has 0 aromatic rings. The van der Waals surface area contributed by atoms with Crippen molar-refractivity contribution in [2.45, 2.75) is 37.0 Å². The second-order valence-electron chi connectivity index (χ2n) is 9.70. The molecule has 0 aromatic heterocycles. The summed E-state index contributed by atoms with van der Waals surface area (Å²) in [6.07, 6.45) is 17.9. The molecule has 258 valence electrons. The van der Waals surface area contributed by atoms with Gasteiger partial charge in [0.05, 0.1) is 26.1 Å². The zero-order valence-corrected chi connectivity index (χ0v) is 30.8. The molecular weight excluding hydrogens is 728 g/mol. The number of rotatable bonds is 21. The first kappa shape index (κ1) is 43.8. The summed E-state index contributed by atoms with van der Waals surface area (Å²) in [7, 11) is 4.77. The summed E-state index contributed by atoms with van der Waals surface area (Å²) in [6.45, 7) is 0. The molecule has 12 nitrogen and oxygen atoms in total. The van der Waals surface area contributed by atoms with E-state index in [0.29, 0.717) is 36.2 Å². The van der Waals surface area contributed by atoms with Crippen LogP contribution in [0.1, 0.15) is 12.8 Å². The quantitative estimate of drug-likeness (QED) is 0.0567. The fourth-order valence-electron chi connectivity index (χ4n) is 3.94. The van der Waals surface area contributed by atoms with Crippen molar-refractivity contribution >= 4 is 80.7 Å². The molecular formula is C30H40FeN4O8S4+2. The topological polar surface area (TPSA) is 169 Å². The van der Waals surface area contributed by atoms with Gasteiger partial charge in [-0.2, -0.15) is 23.5 Å². The van der Waals surface area contributed by atoms with Crippen molar-refractivity contribution in [2.24, 2.45) is 0 Å². The van der Waals surface area contributed by atoms with Crippen LogP contribution in [0.25, 0.3) is 0 Å². The number of esters is 2. The Labute approximate surface area is 305 Å². The van der Waals surface area contributed by atoms with Gasteiger partial charge in [0.2, 0.25) is 23.6 Å². The zero-order valence-electron chi connectivity index (χ0n) is 26.4. The maximum Gasteiger partial charge on any atom is 2.00 e. The number of hydrogen-bond acceptors (Lipinski definition) is 12. The molecule has 47 heavy (non-hydrogen) atoms. The van der Waals surface area contributed by atoms with Gasteiger partial charge < -0.3 is 30.7 Å². The summed E-state index contributed by atoms with van der Waals surface area (Å²) < 4.78 is 9.76. The molecule has 0 unspecified atom stereocenters. The van der Waals surface area contributed by atoms with E-state index < -0.39 is 59.7 Å². The van der Waals surface area contributed by atoms with Crippen molar-refractivity contribution < 1.29 is 55.3 Å². The molecule has 0 aromatic carbocycles. The van der Waals surface area contributed by atoms with Crippen molar-refractivity contribution in [2.75, 3.05) is 49.7 Å². The average Bonchev–Trinajstić information content (AvgIpc) is 3.80. The number of methoxy groups -OCH3 is 2. The standard InChI is InChI=1S/C30H40N4O8S4.Fe/c1-41-29(39)23(33-27(37)21(13-15-43-3)31-25(35)19-9-5-6-10-19)17-45-46-18-24(30(40)42-2)34-28(38)22(14-16-44-4)32-26(36)20-11-7-8-12-20;/h5-12,21-24H,13-18H2,1-4H3,(H,31,35)(H,32,36)(H,33,37)(H,34,38);/q;+2/t21-,22-,23-,24-;/m0./s1. The number of carbonyl (C=O) groups excluding carboxylic acids is 6. The predicted octanol–water partition coefficient (Wildman–Crippen LogP) is 0.967. The molecule has 2 fully saturated rings. The van der Waals surface area contributed by atoms with E-state index in [-0.39, 0.29) is 28.6 Å². The van der Waals surface area contributed by atoms with Crippen molar-refractivity contribution in [1.29, 1.82) is 0 Å². The van der Waals surface area contributed by atoms with Gasteiger partial charge in [-0.15, -0.1) is 0 Å². The maximum atomic E-state index is 13.2. The summed E-state index contributed by atoms with van der Waals surface area (Å²) in [5.41, 5.74) is 0. The maximum absolute atomic E-state index is 13.2. The van der Waals surface area contributed by atoms with Crippen LogP contribution in [0, 0.1) is 63.2 Å². The Hall–Kier alpha value is -1.26. The summed E-state index contributed by atoms with van der Waals surface area (Å²) >= 11 is 3.03. The number of hydrogen-bond donors (Lipinski definition) is 4. The Morgan fingerprint density at radius 2 is 0.936 bits per heavy atom. The van der Waals surface area contributed by atoms with Gasteiger partial charge in [0.1, 0.15) is 24.2 Å². The normalized spacial score (nSPS) is 17.4. The third-order valence-corrected chi connectivity index (χ3v) is 10.2. The van der Waals surface area contributed by atoms with Gasteiger partial charge in [0.15, 0.2) is 0 Å². The molecule has 0 bridgehead atoms. The van der Waals surface area contributed by atoms with Crippen LogP contribution in [-0.4, -0.2) is 109 Å². The van der Waals surface area contributed by atoms with E-state index in [1.165, 1.54) is 59.3 Å². The number of amides is 4. The first-order valence-electron chi connectivity index (χ1n) is 14.2. The molecule has 4 atom stereocenters. The molecule has 2 rings (SSSR count). The van der Waals surface area contributed by atoms with Gasteiger partial charge in [-0.05, 0) is 88.2 Å². The van der Waals surface area contributed by atoms with E-state index in [9.17, 15) is 28.8 Å². The minimum Gasteiger partial charge on any atom is -0.467 e. The van der Waals surface area contributed by atoms with Gasteiger partial charge >= 0.3 is 29.0 Å². The van der Waals surface area contributed by atoms with Crippen LogP contribution in [0.3, 0.4) is 0 Å². The summed E-state index contributed by atoms with van der Waals surface area (Å²) in [4.78, 5) is 76.6. The number of nitrogens with one attached hydrogen (secondary N) is 4. The van der Waals surface area contributed by atoms with E-state index in [0.717, 1.165) is 0 Å². The fourth-order valence-corrected chi connectivity index (χ4v) is 7.18. The Morgan fingerprint density at radius 1 is 0.596 bits per heavy atom. The van der Waals surface area contributed by atoms with Crippen molar-refractivity contribution in [3.05, 3.63) is 63.2 Å². The minimum atomic E-state index is -1.05. The Morgan fingerprint density at radius 3 is 1.23 bits per heavy atom. The summed E-state index contributed by atoms with van der Waals surface area (Å²) in [5.74, 6) is -1.03. The number of thioether (sulfide) groups is 2. The Bertz CT molecular complexity index is 940. The van der Waals surface area contributed by atoms with Gasteiger partial charge in [0.25, 0.3) is 0 Å². The van der Waals surface area contributed by atoms with E-state index in [2.05, 4.69) is 21.3 Å². The SMILES string of the molecule is COC(=O)[C@H](CSSC[C@H](NC(=O)[C@H](CCSC)NC(=O)[C]1[CH][CH][CH][CH]1)C(=O)OC)NC(=O)[C@H](CCSC)NC(=O)[C]1[CH][CH][CH][CH]1.[Fe+2]. The molecule has 0 aliphatic heterocycles. The molecule has 0 saturated heterocycles. The fraction of sp³-hybridized carbons (Fsp3) is 0.467. The summed E-state index contributed by atoms with van der Waals surface area (Å²) in [5, 5.41) is 10.8. The van der Waals surface area contributed by atoms with Crippen molar-refractivity contribution in [1.82, 2.24) is 21.3 Å². The van der Waals surface area contributed by atoms with E-state index in [1.54, 1.807) is 51.4 Å². The molecule has 0 heterocycles. The zero-order chi connectivity index (χ0) is 33.9. The number of carbonyl (C=O) groups is 6. The molecule has 17 heteroatoms. The van der Waals surface area contributed by atoms with Crippen LogP contribution in [0.15, 0.2) is 0 Å². The first-order valence-corrected chi connectivity index (χ1v) is 19.5. The largest absolute Gasteiger partial charge is 2.00 e. The molecule has 10 radical (unpaired) electrons. The third-order valence-electron chi connectivity index (χ3n) is 6.47. The smallest absolute Gasteiger partial charge is 0.467 e. The Balaban J connectivity index is 0.0000110. The molecule has 0 spiro atoms. The van der Waals surface area contributed by atoms with Crippen LogP contribution in [0.2, 0.25) is 0 Å². The van der Waals surface area contributed by atoms with Crippen LogP contribution in [0.4, 0.5) is 0 Å². The van der Waals surface area contributed by atoms with Crippen LogP contribution in [-0.2, 0) is 55.3 Å². The average molecular weight is 769 g/mol. The van der Waals surface area contributed by atoms with Gasteiger partial charge in [0, 0.05) is 11.5 Å². The van der Waals surface area contributed by atoms with Gasteiger partial charge in [-0.3, -0.25) is 19.2 Å².